The van der Waals surface area contributed by atoms with Gasteiger partial charge in [0.05, 0.1) is 5.69 Å². The van der Waals surface area contributed by atoms with Crippen molar-refractivity contribution in [3.05, 3.63) is 46.7 Å². The lowest BCUT2D eigenvalue weighted by atomic mass is 9.67. The van der Waals surface area contributed by atoms with Gasteiger partial charge >= 0.3 is 0 Å². The summed E-state index contributed by atoms with van der Waals surface area (Å²) < 4.78 is 13.6. The Morgan fingerprint density at radius 1 is 1.21 bits per heavy atom. The van der Waals surface area contributed by atoms with Crippen molar-refractivity contribution < 1.29 is 4.39 Å². The molecule has 1 aliphatic rings. The average molecular weight is 276 g/mol. The highest BCUT2D eigenvalue weighted by Gasteiger charge is 2.37. The molecule has 4 heteroatoms. The fourth-order valence-electron chi connectivity index (χ4n) is 3.14. The van der Waals surface area contributed by atoms with Gasteiger partial charge in [0, 0.05) is 10.8 Å². The van der Waals surface area contributed by atoms with E-state index >= 15 is 0 Å². The number of aromatic nitrogens is 1. The quantitative estimate of drug-likeness (QED) is 0.896. The molecule has 0 radical (unpaired) electrons. The lowest BCUT2D eigenvalue weighted by Gasteiger charge is -2.36. The van der Waals surface area contributed by atoms with E-state index in [2.05, 4.69) is 4.98 Å². The van der Waals surface area contributed by atoms with Crippen LogP contribution in [0.15, 0.2) is 29.6 Å². The Morgan fingerprint density at radius 2 is 2.00 bits per heavy atom. The van der Waals surface area contributed by atoms with Crippen LogP contribution in [0.3, 0.4) is 0 Å². The van der Waals surface area contributed by atoms with Crippen LogP contribution in [0.1, 0.15) is 43.4 Å². The third-order valence-corrected chi connectivity index (χ3v) is 4.77. The van der Waals surface area contributed by atoms with E-state index in [1.165, 1.54) is 23.8 Å². The minimum Gasteiger partial charge on any atom is -0.375 e. The van der Waals surface area contributed by atoms with Gasteiger partial charge in [0.1, 0.15) is 5.82 Å². The second kappa shape index (κ2) is 4.93. The van der Waals surface area contributed by atoms with Crippen LogP contribution in [0.2, 0.25) is 0 Å². The molecule has 1 aliphatic carbocycles. The SMILES string of the molecule is Nc1nc(C2(c3cccc(F)c3)CCCCC2)cs1. The Labute approximate surface area is 116 Å². The number of benzene rings is 1. The second-order valence-corrected chi connectivity index (χ2v) is 6.11. The number of anilines is 1. The fraction of sp³-hybridized carbons (Fsp3) is 0.400. The van der Waals surface area contributed by atoms with Gasteiger partial charge in [-0.2, -0.15) is 0 Å². The highest BCUT2D eigenvalue weighted by atomic mass is 32.1. The summed E-state index contributed by atoms with van der Waals surface area (Å²) in [5.41, 5.74) is 7.69. The van der Waals surface area contributed by atoms with Crippen molar-refractivity contribution in [3.8, 4) is 0 Å². The summed E-state index contributed by atoms with van der Waals surface area (Å²) in [6.45, 7) is 0. The van der Waals surface area contributed by atoms with Crippen LogP contribution in [0, 0.1) is 5.82 Å². The van der Waals surface area contributed by atoms with Crippen molar-refractivity contribution in [2.24, 2.45) is 0 Å². The summed E-state index contributed by atoms with van der Waals surface area (Å²) >= 11 is 1.47. The molecule has 0 amide bonds. The molecule has 1 fully saturated rings. The van der Waals surface area contributed by atoms with Gasteiger partial charge in [-0.25, -0.2) is 9.37 Å². The first kappa shape index (κ1) is 12.6. The van der Waals surface area contributed by atoms with Crippen LogP contribution in [0.4, 0.5) is 9.52 Å². The standard InChI is InChI=1S/C15H17FN2S/c16-12-6-4-5-11(9-12)15(7-2-1-3-8-15)13-10-19-14(17)18-13/h4-6,9-10H,1-3,7-8H2,(H2,17,18). The molecule has 0 aliphatic heterocycles. The van der Waals surface area contributed by atoms with Gasteiger partial charge in [-0.15, -0.1) is 11.3 Å². The molecule has 0 saturated heterocycles. The lowest BCUT2D eigenvalue weighted by Crippen LogP contribution is -2.31. The van der Waals surface area contributed by atoms with E-state index in [0.717, 1.165) is 36.9 Å². The molecule has 1 aromatic heterocycles. The molecule has 3 rings (SSSR count). The number of halogens is 1. The summed E-state index contributed by atoms with van der Waals surface area (Å²) in [7, 11) is 0. The van der Waals surface area contributed by atoms with Gasteiger partial charge in [-0.3, -0.25) is 0 Å². The van der Waals surface area contributed by atoms with E-state index in [1.807, 2.05) is 11.4 Å². The zero-order chi connectivity index (χ0) is 13.3. The molecule has 1 aromatic carbocycles. The normalized spacial score (nSPS) is 18.4. The summed E-state index contributed by atoms with van der Waals surface area (Å²) in [5, 5.41) is 2.63. The predicted molar refractivity (Wildman–Crippen MR) is 76.8 cm³/mol. The van der Waals surface area contributed by atoms with Crippen molar-refractivity contribution >= 4 is 16.5 Å². The Kier molecular flexibility index (Phi) is 3.27. The molecule has 0 atom stereocenters. The van der Waals surface area contributed by atoms with Gasteiger partial charge in [-0.1, -0.05) is 31.4 Å². The van der Waals surface area contributed by atoms with Gasteiger partial charge in [-0.05, 0) is 30.5 Å². The molecule has 0 bridgehead atoms. The predicted octanol–water partition coefficient (Wildman–Crippen LogP) is 4.11. The highest BCUT2D eigenvalue weighted by molar-refractivity contribution is 7.13. The third kappa shape index (κ3) is 2.25. The number of nitrogens with two attached hydrogens (primary N) is 1. The highest BCUT2D eigenvalue weighted by Crippen LogP contribution is 2.45. The summed E-state index contributed by atoms with van der Waals surface area (Å²) in [5.74, 6) is -0.175. The molecule has 2 N–H and O–H groups in total. The number of rotatable bonds is 2. The van der Waals surface area contributed by atoms with Gasteiger partial charge in [0.2, 0.25) is 0 Å². The molecule has 0 spiro atoms. The third-order valence-electron chi connectivity index (χ3n) is 4.10. The number of hydrogen-bond acceptors (Lipinski definition) is 3. The summed E-state index contributed by atoms with van der Waals surface area (Å²) in [6, 6.07) is 6.96. The topological polar surface area (TPSA) is 38.9 Å². The Balaban J connectivity index is 2.11. The van der Waals surface area contributed by atoms with Crippen molar-refractivity contribution in [1.82, 2.24) is 4.98 Å². The first-order chi connectivity index (χ1) is 9.21. The first-order valence-corrected chi connectivity index (χ1v) is 7.56. The fourth-order valence-corrected chi connectivity index (χ4v) is 3.80. The van der Waals surface area contributed by atoms with E-state index in [4.69, 9.17) is 5.73 Å². The maximum atomic E-state index is 13.6. The molecular weight excluding hydrogens is 259 g/mol. The lowest BCUT2D eigenvalue weighted by molar-refractivity contribution is 0.339. The van der Waals surface area contributed by atoms with Crippen LogP contribution in [0.5, 0.6) is 0 Å². The van der Waals surface area contributed by atoms with E-state index in [-0.39, 0.29) is 11.2 Å². The molecule has 2 aromatic rings. The maximum absolute atomic E-state index is 13.6. The zero-order valence-electron chi connectivity index (χ0n) is 10.7. The van der Waals surface area contributed by atoms with Crippen LogP contribution in [-0.4, -0.2) is 4.98 Å². The number of thiazole rings is 1. The molecule has 100 valence electrons. The molecular formula is C15H17FN2S. The molecule has 0 unspecified atom stereocenters. The number of hydrogen-bond donors (Lipinski definition) is 1. The number of nitrogen functional groups attached to an aromatic ring is 1. The zero-order valence-corrected chi connectivity index (χ0v) is 11.5. The largest absolute Gasteiger partial charge is 0.375 e. The first-order valence-electron chi connectivity index (χ1n) is 6.68. The van der Waals surface area contributed by atoms with E-state index in [0.29, 0.717) is 5.13 Å². The van der Waals surface area contributed by atoms with Crippen molar-refractivity contribution in [2.75, 3.05) is 5.73 Å². The van der Waals surface area contributed by atoms with Crippen LogP contribution in [0.25, 0.3) is 0 Å². The molecule has 1 heterocycles. The molecule has 1 saturated carbocycles. The van der Waals surface area contributed by atoms with Crippen LogP contribution in [-0.2, 0) is 5.41 Å². The van der Waals surface area contributed by atoms with E-state index < -0.39 is 0 Å². The molecule has 2 nitrogen and oxygen atoms in total. The van der Waals surface area contributed by atoms with E-state index in [1.54, 1.807) is 12.1 Å². The number of nitrogens with zero attached hydrogens (tertiary/aromatic N) is 1. The second-order valence-electron chi connectivity index (χ2n) is 5.22. The van der Waals surface area contributed by atoms with Gasteiger partial charge in [0.15, 0.2) is 5.13 Å². The van der Waals surface area contributed by atoms with Crippen molar-refractivity contribution in [3.63, 3.8) is 0 Å². The Hall–Kier alpha value is -1.42. The summed E-state index contributed by atoms with van der Waals surface area (Å²) in [4.78, 5) is 4.49. The maximum Gasteiger partial charge on any atom is 0.180 e. The Bertz CT molecular complexity index is 573. The minimum atomic E-state index is -0.175. The average Bonchev–Trinajstić information content (AvgIpc) is 2.87. The minimum absolute atomic E-state index is 0.144. The van der Waals surface area contributed by atoms with E-state index in [9.17, 15) is 4.39 Å². The summed E-state index contributed by atoms with van der Waals surface area (Å²) in [6.07, 6.45) is 5.62. The molecule has 19 heavy (non-hydrogen) atoms. The monoisotopic (exact) mass is 276 g/mol. The Morgan fingerprint density at radius 3 is 2.63 bits per heavy atom. The van der Waals surface area contributed by atoms with Crippen LogP contribution >= 0.6 is 11.3 Å². The van der Waals surface area contributed by atoms with Gasteiger partial charge < -0.3 is 5.73 Å². The van der Waals surface area contributed by atoms with Crippen molar-refractivity contribution in [1.29, 1.82) is 0 Å². The van der Waals surface area contributed by atoms with Gasteiger partial charge in [0.25, 0.3) is 0 Å². The smallest absolute Gasteiger partial charge is 0.180 e. The van der Waals surface area contributed by atoms with Crippen molar-refractivity contribution in [2.45, 2.75) is 37.5 Å². The van der Waals surface area contributed by atoms with Crippen LogP contribution < -0.4 is 5.73 Å².